The molecule has 1 saturated heterocycles. The number of pyridine rings is 1. The minimum atomic E-state index is 0.253. The predicted octanol–water partition coefficient (Wildman–Crippen LogP) is 2.36. The minimum absolute atomic E-state index is 0.253. The van der Waals surface area contributed by atoms with Crippen molar-refractivity contribution < 1.29 is 4.74 Å². The van der Waals surface area contributed by atoms with Gasteiger partial charge in [-0.25, -0.2) is 0 Å². The number of rotatable bonds is 3. The van der Waals surface area contributed by atoms with E-state index in [4.69, 9.17) is 10.5 Å². The molecule has 1 aliphatic rings. The van der Waals surface area contributed by atoms with Crippen LogP contribution in [0.4, 0.5) is 11.8 Å². The molecule has 4 heterocycles. The Balaban J connectivity index is 1.64. The van der Waals surface area contributed by atoms with Crippen LogP contribution in [0.3, 0.4) is 0 Å². The number of H-pyrrole nitrogens is 1. The Bertz CT molecular complexity index is 1110. The van der Waals surface area contributed by atoms with E-state index in [0.29, 0.717) is 6.61 Å². The highest BCUT2D eigenvalue weighted by Gasteiger charge is 2.19. The zero-order valence-electron chi connectivity index (χ0n) is 14.4. The molecule has 0 amide bonds. The second-order valence-corrected chi connectivity index (χ2v) is 6.61. The molecule has 0 saturated carbocycles. The van der Waals surface area contributed by atoms with E-state index in [0.717, 1.165) is 52.2 Å². The van der Waals surface area contributed by atoms with Crippen molar-refractivity contribution in [3.8, 4) is 11.1 Å². The SMILES string of the molecule is Cc1n[nH]c2ccc(-c3ccc(NC4CCOC4)n4nc(N)nc34)cc12. The van der Waals surface area contributed by atoms with Gasteiger partial charge in [0.1, 0.15) is 5.82 Å². The standard InChI is InChI=1S/C18H19N7O/c1-10-14-8-11(2-4-15(14)23-22-10)13-3-5-16(20-12-6-7-26-9-12)25-17(13)21-18(19)24-25/h2-5,8,12,20H,6-7,9H2,1H3,(H2,19,24)(H,22,23). The van der Waals surface area contributed by atoms with Crippen molar-refractivity contribution in [2.24, 2.45) is 0 Å². The van der Waals surface area contributed by atoms with Gasteiger partial charge in [0.25, 0.3) is 0 Å². The first-order valence-corrected chi connectivity index (χ1v) is 8.64. The molecule has 26 heavy (non-hydrogen) atoms. The lowest BCUT2D eigenvalue weighted by molar-refractivity contribution is 0.195. The van der Waals surface area contributed by atoms with Crippen LogP contribution in [-0.4, -0.2) is 44.1 Å². The smallest absolute Gasteiger partial charge is 0.240 e. The van der Waals surface area contributed by atoms with Gasteiger partial charge in [0.15, 0.2) is 5.65 Å². The van der Waals surface area contributed by atoms with Crippen molar-refractivity contribution in [2.45, 2.75) is 19.4 Å². The van der Waals surface area contributed by atoms with Crippen LogP contribution in [0, 0.1) is 6.92 Å². The molecule has 8 nitrogen and oxygen atoms in total. The molecule has 0 aliphatic carbocycles. The number of aromatic nitrogens is 5. The number of hydrogen-bond acceptors (Lipinski definition) is 6. The lowest BCUT2D eigenvalue weighted by Gasteiger charge is -2.14. The van der Waals surface area contributed by atoms with Gasteiger partial charge in [0.2, 0.25) is 5.95 Å². The number of hydrogen-bond donors (Lipinski definition) is 3. The third kappa shape index (κ3) is 2.38. The van der Waals surface area contributed by atoms with Crippen LogP contribution in [0.15, 0.2) is 30.3 Å². The number of ether oxygens (including phenoxy) is 1. The summed E-state index contributed by atoms with van der Waals surface area (Å²) in [4.78, 5) is 4.45. The van der Waals surface area contributed by atoms with Gasteiger partial charge in [-0.3, -0.25) is 5.10 Å². The number of aryl methyl sites for hydroxylation is 1. The van der Waals surface area contributed by atoms with Gasteiger partial charge in [-0.05, 0) is 43.2 Å². The first kappa shape index (κ1) is 15.2. The quantitative estimate of drug-likeness (QED) is 0.524. The molecule has 3 aromatic heterocycles. The molecular weight excluding hydrogens is 330 g/mol. The lowest BCUT2D eigenvalue weighted by Crippen LogP contribution is -2.21. The fourth-order valence-corrected chi connectivity index (χ4v) is 3.48. The van der Waals surface area contributed by atoms with Crippen molar-refractivity contribution in [1.29, 1.82) is 0 Å². The number of aromatic amines is 1. The highest BCUT2D eigenvalue weighted by molar-refractivity contribution is 5.89. The third-order valence-electron chi connectivity index (χ3n) is 4.85. The van der Waals surface area contributed by atoms with Crippen LogP contribution in [0.2, 0.25) is 0 Å². The summed E-state index contributed by atoms with van der Waals surface area (Å²) in [5.74, 6) is 1.12. The van der Waals surface area contributed by atoms with E-state index in [9.17, 15) is 0 Å². The second-order valence-electron chi connectivity index (χ2n) is 6.61. The molecule has 8 heteroatoms. The number of nitrogens with zero attached hydrogens (tertiary/aromatic N) is 4. The Hall–Kier alpha value is -3.13. The summed E-state index contributed by atoms with van der Waals surface area (Å²) >= 11 is 0. The lowest BCUT2D eigenvalue weighted by atomic mass is 10.0. The summed E-state index contributed by atoms with van der Waals surface area (Å²) in [6.45, 7) is 3.47. The molecule has 4 aromatic rings. The molecule has 5 rings (SSSR count). The van der Waals surface area contributed by atoms with E-state index in [1.165, 1.54) is 0 Å². The molecule has 0 bridgehead atoms. The molecule has 132 valence electrons. The monoisotopic (exact) mass is 349 g/mol. The van der Waals surface area contributed by atoms with Crippen LogP contribution >= 0.6 is 0 Å². The average Bonchev–Trinajstić information content (AvgIpc) is 3.36. The van der Waals surface area contributed by atoms with E-state index < -0.39 is 0 Å². The molecule has 0 spiro atoms. The summed E-state index contributed by atoms with van der Waals surface area (Å²) in [5, 5.41) is 16.2. The highest BCUT2D eigenvalue weighted by Crippen LogP contribution is 2.30. The summed E-state index contributed by atoms with van der Waals surface area (Å²) in [6, 6.07) is 10.5. The van der Waals surface area contributed by atoms with Crippen molar-refractivity contribution in [3.63, 3.8) is 0 Å². The van der Waals surface area contributed by atoms with Crippen molar-refractivity contribution >= 4 is 28.3 Å². The maximum absolute atomic E-state index is 5.90. The molecule has 0 radical (unpaired) electrons. The van der Waals surface area contributed by atoms with Gasteiger partial charge in [0, 0.05) is 17.6 Å². The van der Waals surface area contributed by atoms with Crippen LogP contribution in [0.1, 0.15) is 12.1 Å². The molecule has 4 N–H and O–H groups in total. The molecule has 1 atom stereocenters. The Kier molecular flexibility index (Phi) is 3.32. The average molecular weight is 349 g/mol. The Morgan fingerprint density at radius 3 is 3.08 bits per heavy atom. The summed E-state index contributed by atoms with van der Waals surface area (Å²) in [7, 11) is 0. The fraction of sp³-hybridized carbons (Fsp3) is 0.278. The van der Waals surface area contributed by atoms with E-state index in [-0.39, 0.29) is 12.0 Å². The van der Waals surface area contributed by atoms with Crippen LogP contribution < -0.4 is 11.1 Å². The third-order valence-corrected chi connectivity index (χ3v) is 4.85. The molecule has 1 fully saturated rings. The van der Waals surface area contributed by atoms with Crippen LogP contribution in [0.5, 0.6) is 0 Å². The normalized spacial score (nSPS) is 17.3. The number of nitrogens with two attached hydrogens (primary N) is 1. The van der Waals surface area contributed by atoms with E-state index in [1.807, 2.05) is 19.1 Å². The fourth-order valence-electron chi connectivity index (χ4n) is 3.48. The summed E-state index contributed by atoms with van der Waals surface area (Å²) in [5.41, 5.74) is 10.6. The first-order valence-electron chi connectivity index (χ1n) is 8.64. The van der Waals surface area contributed by atoms with Crippen molar-refractivity contribution in [3.05, 3.63) is 36.0 Å². The Morgan fingerprint density at radius 1 is 1.31 bits per heavy atom. The predicted molar refractivity (Wildman–Crippen MR) is 100 cm³/mol. The van der Waals surface area contributed by atoms with Crippen molar-refractivity contribution in [2.75, 3.05) is 24.3 Å². The molecule has 1 unspecified atom stereocenters. The summed E-state index contributed by atoms with van der Waals surface area (Å²) in [6.07, 6.45) is 0.976. The largest absolute Gasteiger partial charge is 0.379 e. The zero-order valence-corrected chi connectivity index (χ0v) is 14.4. The maximum atomic E-state index is 5.90. The van der Waals surface area contributed by atoms with Gasteiger partial charge in [-0.1, -0.05) is 6.07 Å². The van der Waals surface area contributed by atoms with E-state index >= 15 is 0 Å². The van der Waals surface area contributed by atoms with E-state index in [2.05, 4.69) is 43.8 Å². The van der Waals surface area contributed by atoms with Gasteiger partial charge in [0.05, 0.1) is 23.9 Å². The maximum Gasteiger partial charge on any atom is 0.240 e. The number of benzene rings is 1. The van der Waals surface area contributed by atoms with Crippen LogP contribution in [0.25, 0.3) is 27.7 Å². The number of anilines is 2. The second kappa shape index (κ2) is 5.70. The Morgan fingerprint density at radius 2 is 2.23 bits per heavy atom. The zero-order chi connectivity index (χ0) is 17.7. The summed E-state index contributed by atoms with van der Waals surface area (Å²) < 4.78 is 7.22. The Labute approximate surface area is 149 Å². The number of nitrogens with one attached hydrogen (secondary N) is 2. The highest BCUT2D eigenvalue weighted by atomic mass is 16.5. The molecule has 1 aromatic carbocycles. The molecular formula is C18H19N7O. The first-order chi connectivity index (χ1) is 12.7. The van der Waals surface area contributed by atoms with Gasteiger partial charge < -0.3 is 15.8 Å². The van der Waals surface area contributed by atoms with Gasteiger partial charge >= 0.3 is 0 Å². The number of nitrogen functional groups attached to an aromatic ring is 1. The number of fused-ring (bicyclic) bond motifs is 2. The van der Waals surface area contributed by atoms with Gasteiger partial charge in [-0.2, -0.15) is 14.6 Å². The van der Waals surface area contributed by atoms with E-state index in [1.54, 1.807) is 4.52 Å². The minimum Gasteiger partial charge on any atom is -0.379 e. The van der Waals surface area contributed by atoms with Crippen molar-refractivity contribution in [1.82, 2.24) is 24.8 Å². The van der Waals surface area contributed by atoms with Crippen LogP contribution in [-0.2, 0) is 4.74 Å². The van der Waals surface area contributed by atoms with Gasteiger partial charge in [-0.15, -0.1) is 5.10 Å². The topological polar surface area (TPSA) is 106 Å². The molecule has 1 aliphatic heterocycles.